The number of rotatable bonds is 6. The number of nitrogens with one attached hydrogen (secondary N) is 1. The van der Waals surface area contributed by atoms with Gasteiger partial charge in [-0.1, -0.05) is 41.0 Å². The second kappa shape index (κ2) is 8.38. The minimum absolute atomic E-state index is 0.0246. The second-order valence-corrected chi connectivity index (χ2v) is 6.89. The number of carbonyl (C=O) groups is 1. The molecule has 3 aromatic rings. The highest BCUT2D eigenvalue weighted by Gasteiger charge is 2.14. The molecule has 0 aliphatic rings. The lowest BCUT2D eigenvalue weighted by Crippen LogP contribution is -2.13. The van der Waals surface area contributed by atoms with Gasteiger partial charge in [-0.3, -0.25) is 14.9 Å². The van der Waals surface area contributed by atoms with E-state index >= 15 is 0 Å². The van der Waals surface area contributed by atoms with E-state index in [0.717, 1.165) is 11.8 Å². The Morgan fingerprint density at radius 3 is 2.74 bits per heavy atom. The second-order valence-electron chi connectivity index (χ2n) is 5.15. The minimum Gasteiger partial charge on any atom is -0.411 e. The van der Waals surface area contributed by atoms with Crippen LogP contribution in [0.3, 0.4) is 0 Å². The number of benzene rings is 2. The van der Waals surface area contributed by atoms with Gasteiger partial charge in [-0.05, 0) is 24.3 Å². The van der Waals surface area contributed by atoms with Crippen molar-refractivity contribution in [2.75, 3.05) is 11.1 Å². The summed E-state index contributed by atoms with van der Waals surface area (Å²) in [5, 5.41) is 22.1. The summed E-state index contributed by atoms with van der Waals surface area (Å²) in [6.07, 6.45) is 0. The van der Waals surface area contributed by atoms with Crippen LogP contribution in [-0.2, 0) is 4.79 Å². The molecule has 1 amide bonds. The first-order valence-electron chi connectivity index (χ1n) is 7.38. The summed E-state index contributed by atoms with van der Waals surface area (Å²) in [6, 6.07) is 10.6. The Balaban J connectivity index is 1.60. The number of thioether (sulfide) groups is 1. The van der Waals surface area contributed by atoms with Gasteiger partial charge in [0.25, 0.3) is 10.9 Å². The summed E-state index contributed by atoms with van der Waals surface area (Å²) < 4.78 is 5.44. The first-order valence-corrected chi connectivity index (χ1v) is 9.12. The summed E-state index contributed by atoms with van der Waals surface area (Å²) in [5.41, 5.74) is 0.850. The molecule has 8 nitrogen and oxygen atoms in total. The van der Waals surface area contributed by atoms with Crippen LogP contribution in [0.25, 0.3) is 11.5 Å². The standard InChI is InChI=1S/C16H10Cl2N4O4S/c17-12-5-4-10(7-13(12)18)19-14(23)8-27-16-21-20-15(26-16)9-2-1-3-11(6-9)22(24)25/h1-7H,8H2,(H,19,23). The molecular formula is C16H10Cl2N4O4S. The number of amides is 1. The normalized spacial score (nSPS) is 10.6. The molecule has 0 fully saturated rings. The van der Waals surface area contributed by atoms with Gasteiger partial charge in [0.1, 0.15) is 0 Å². The van der Waals surface area contributed by atoms with E-state index in [4.69, 9.17) is 27.6 Å². The lowest BCUT2D eigenvalue weighted by Gasteiger charge is -2.05. The van der Waals surface area contributed by atoms with Crippen molar-refractivity contribution in [2.24, 2.45) is 0 Å². The Hall–Kier alpha value is -2.62. The van der Waals surface area contributed by atoms with Gasteiger partial charge in [-0.2, -0.15) is 0 Å². The summed E-state index contributed by atoms with van der Waals surface area (Å²) in [4.78, 5) is 22.3. The highest BCUT2D eigenvalue weighted by atomic mass is 35.5. The van der Waals surface area contributed by atoms with Gasteiger partial charge in [0.2, 0.25) is 11.8 Å². The topological polar surface area (TPSA) is 111 Å². The zero-order valence-electron chi connectivity index (χ0n) is 13.4. The third kappa shape index (κ3) is 4.97. The maximum absolute atomic E-state index is 12.0. The van der Waals surface area contributed by atoms with E-state index < -0.39 is 4.92 Å². The Kier molecular flexibility index (Phi) is 5.94. The Labute approximate surface area is 167 Å². The predicted octanol–water partition coefficient (Wildman–Crippen LogP) is 4.68. The van der Waals surface area contributed by atoms with E-state index in [1.54, 1.807) is 24.3 Å². The molecule has 0 spiro atoms. The van der Waals surface area contributed by atoms with Crippen molar-refractivity contribution in [3.05, 3.63) is 62.6 Å². The SMILES string of the molecule is O=C(CSc1nnc(-c2cccc([N+](=O)[O-])c2)o1)Nc1ccc(Cl)c(Cl)c1. The molecular weight excluding hydrogens is 415 g/mol. The van der Waals surface area contributed by atoms with Gasteiger partial charge >= 0.3 is 0 Å². The third-order valence-electron chi connectivity index (χ3n) is 3.24. The molecule has 0 bridgehead atoms. The van der Waals surface area contributed by atoms with E-state index in [-0.39, 0.29) is 28.5 Å². The maximum Gasteiger partial charge on any atom is 0.277 e. The van der Waals surface area contributed by atoms with E-state index in [0.29, 0.717) is 21.3 Å². The molecule has 11 heteroatoms. The van der Waals surface area contributed by atoms with Crippen molar-refractivity contribution in [3.8, 4) is 11.5 Å². The van der Waals surface area contributed by atoms with Gasteiger partial charge in [0.15, 0.2) is 0 Å². The van der Waals surface area contributed by atoms with Gasteiger partial charge in [0, 0.05) is 23.4 Å². The summed E-state index contributed by atoms with van der Waals surface area (Å²) >= 11 is 12.8. The van der Waals surface area contributed by atoms with Crippen LogP contribution in [0.4, 0.5) is 11.4 Å². The highest BCUT2D eigenvalue weighted by Crippen LogP contribution is 2.27. The molecule has 0 aliphatic heterocycles. The average molecular weight is 425 g/mol. The number of hydrogen-bond donors (Lipinski definition) is 1. The van der Waals surface area contributed by atoms with Crippen LogP contribution < -0.4 is 5.32 Å². The molecule has 27 heavy (non-hydrogen) atoms. The molecule has 138 valence electrons. The monoisotopic (exact) mass is 424 g/mol. The molecule has 2 aromatic carbocycles. The molecule has 1 heterocycles. The van der Waals surface area contributed by atoms with Crippen molar-refractivity contribution >= 4 is 52.2 Å². The van der Waals surface area contributed by atoms with Crippen molar-refractivity contribution in [2.45, 2.75) is 5.22 Å². The van der Waals surface area contributed by atoms with Crippen LogP contribution in [0.2, 0.25) is 10.0 Å². The molecule has 1 aromatic heterocycles. The fraction of sp³-hybridized carbons (Fsp3) is 0.0625. The molecule has 0 atom stereocenters. The Bertz CT molecular complexity index is 1010. The number of nitro groups is 1. The quantitative estimate of drug-likeness (QED) is 0.347. The highest BCUT2D eigenvalue weighted by molar-refractivity contribution is 7.99. The summed E-state index contributed by atoms with van der Waals surface area (Å²) in [5.74, 6) is -0.142. The van der Waals surface area contributed by atoms with Gasteiger partial charge in [0.05, 0.1) is 20.7 Å². The summed E-state index contributed by atoms with van der Waals surface area (Å²) in [6.45, 7) is 0. The minimum atomic E-state index is -0.511. The number of hydrogen-bond acceptors (Lipinski definition) is 7. The van der Waals surface area contributed by atoms with E-state index in [1.807, 2.05) is 0 Å². The van der Waals surface area contributed by atoms with E-state index in [2.05, 4.69) is 15.5 Å². The number of non-ortho nitro benzene ring substituents is 1. The van der Waals surface area contributed by atoms with Crippen LogP contribution in [0, 0.1) is 10.1 Å². The van der Waals surface area contributed by atoms with Crippen LogP contribution in [-0.4, -0.2) is 26.8 Å². The lowest BCUT2D eigenvalue weighted by atomic mass is 10.2. The van der Waals surface area contributed by atoms with Crippen molar-refractivity contribution in [3.63, 3.8) is 0 Å². The van der Waals surface area contributed by atoms with Crippen LogP contribution >= 0.6 is 35.0 Å². The number of anilines is 1. The number of nitrogens with zero attached hydrogens (tertiary/aromatic N) is 3. The maximum atomic E-state index is 12.0. The molecule has 3 rings (SSSR count). The Morgan fingerprint density at radius 2 is 2.00 bits per heavy atom. The van der Waals surface area contributed by atoms with Crippen LogP contribution in [0.5, 0.6) is 0 Å². The van der Waals surface area contributed by atoms with Crippen molar-refractivity contribution in [1.29, 1.82) is 0 Å². The lowest BCUT2D eigenvalue weighted by molar-refractivity contribution is -0.384. The van der Waals surface area contributed by atoms with Crippen LogP contribution in [0.1, 0.15) is 0 Å². The Morgan fingerprint density at radius 1 is 1.19 bits per heavy atom. The van der Waals surface area contributed by atoms with Gasteiger partial charge in [-0.25, -0.2) is 0 Å². The first kappa shape index (κ1) is 19.2. The summed E-state index contributed by atoms with van der Waals surface area (Å²) in [7, 11) is 0. The fourth-order valence-electron chi connectivity index (χ4n) is 2.04. The molecule has 0 saturated heterocycles. The average Bonchev–Trinajstić information content (AvgIpc) is 3.12. The van der Waals surface area contributed by atoms with E-state index in [1.165, 1.54) is 18.2 Å². The molecule has 0 aliphatic carbocycles. The number of nitro benzene ring substituents is 1. The smallest absolute Gasteiger partial charge is 0.277 e. The molecule has 1 N–H and O–H groups in total. The number of aromatic nitrogens is 2. The predicted molar refractivity (Wildman–Crippen MR) is 102 cm³/mol. The molecule has 0 unspecified atom stereocenters. The van der Waals surface area contributed by atoms with Gasteiger partial charge in [-0.15, -0.1) is 10.2 Å². The number of carbonyl (C=O) groups excluding carboxylic acids is 1. The van der Waals surface area contributed by atoms with Crippen molar-refractivity contribution < 1.29 is 14.1 Å². The van der Waals surface area contributed by atoms with Crippen LogP contribution in [0.15, 0.2) is 52.1 Å². The van der Waals surface area contributed by atoms with E-state index in [9.17, 15) is 14.9 Å². The van der Waals surface area contributed by atoms with Gasteiger partial charge < -0.3 is 9.73 Å². The fourth-order valence-corrected chi connectivity index (χ4v) is 2.90. The zero-order chi connectivity index (χ0) is 19.4. The largest absolute Gasteiger partial charge is 0.411 e. The molecule has 0 saturated carbocycles. The third-order valence-corrected chi connectivity index (χ3v) is 4.80. The number of halogens is 2. The van der Waals surface area contributed by atoms with Crippen molar-refractivity contribution in [1.82, 2.24) is 10.2 Å². The zero-order valence-corrected chi connectivity index (χ0v) is 15.7. The first-order chi connectivity index (χ1) is 12.9. The molecule has 0 radical (unpaired) electrons.